The van der Waals surface area contributed by atoms with Crippen molar-refractivity contribution in [2.45, 2.75) is 5.88 Å². The smallest absolute Gasteiger partial charge is 0.126 e. The zero-order chi connectivity index (χ0) is 9.97. The van der Waals surface area contributed by atoms with E-state index < -0.39 is 0 Å². The summed E-state index contributed by atoms with van der Waals surface area (Å²) < 4.78 is 5.26. The Morgan fingerprint density at radius 2 is 2.07 bits per heavy atom. The van der Waals surface area contributed by atoms with Crippen molar-refractivity contribution in [2.24, 2.45) is 0 Å². The van der Waals surface area contributed by atoms with Gasteiger partial charge in [-0.15, -0.1) is 24.0 Å². The quantitative estimate of drug-likeness (QED) is 0.755. The third-order valence-corrected chi connectivity index (χ3v) is 2.52. The Kier molecular flexibility index (Phi) is 4.18. The number of nitrogens with zero attached hydrogens (tertiary/aromatic N) is 1. The van der Waals surface area contributed by atoms with Crippen LogP contribution >= 0.6 is 24.0 Å². The molecule has 0 saturated heterocycles. The Bertz CT molecular complexity index is 417. The van der Waals surface area contributed by atoms with Gasteiger partial charge in [0.15, 0.2) is 0 Å². The maximum atomic E-state index is 5.83. The topological polar surface area (TPSA) is 22.1 Å². The van der Waals surface area contributed by atoms with Crippen molar-refractivity contribution >= 4 is 34.8 Å². The number of rotatable bonds is 2. The highest BCUT2D eigenvalue weighted by Crippen LogP contribution is 2.28. The zero-order valence-corrected chi connectivity index (χ0v) is 9.81. The molecule has 0 radical (unpaired) electrons. The third kappa shape index (κ3) is 2.16. The molecule has 0 N–H and O–H groups in total. The number of pyridine rings is 1. The second kappa shape index (κ2) is 5.19. The van der Waals surface area contributed by atoms with Crippen LogP contribution in [0.5, 0.6) is 5.75 Å². The van der Waals surface area contributed by atoms with E-state index in [1.807, 2.05) is 24.4 Å². The molecule has 0 atom stereocenters. The summed E-state index contributed by atoms with van der Waals surface area (Å²) in [4.78, 5) is 4.08. The van der Waals surface area contributed by atoms with Gasteiger partial charge in [-0.2, -0.15) is 0 Å². The van der Waals surface area contributed by atoms with E-state index in [4.69, 9.17) is 16.3 Å². The summed E-state index contributed by atoms with van der Waals surface area (Å²) in [6.07, 6.45) is 3.57. The summed E-state index contributed by atoms with van der Waals surface area (Å²) in [5.74, 6) is 1.35. The molecule has 15 heavy (non-hydrogen) atoms. The molecular formula is C11H11Cl2NO. The first-order chi connectivity index (χ1) is 6.86. The largest absolute Gasteiger partial charge is 0.496 e. The minimum Gasteiger partial charge on any atom is -0.496 e. The van der Waals surface area contributed by atoms with Gasteiger partial charge in [0.2, 0.25) is 0 Å². The van der Waals surface area contributed by atoms with Gasteiger partial charge in [-0.05, 0) is 17.7 Å². The number of methoxy groups -OCH3 is 1. The number of alkyl halides is 1. The Morgan fingerprint density at radius 3 is 2.73 bits per heavy atom. The molecule has 2 rings (SSSR count). The molecule has 0 aliphatic rings. The van der Waals surface area contributed by atoms with E-state index in [0.29, 0.717) is 5.88 Å². The fraction of sp³-hybridized carbons (Fsp3) is 0.182. The monoisotopic (exact) mass is 243 g/mol. The number of hydrogen-bond acceptors (Lipinski definition) is 2. The Hall–Kier alpha value is -0.990. The second-order valence-electron chi connectivity index (χ2n) is 2.98. The van der Waals surface area contributed by atoms with Crippen LogP contribution in [0.4, 0.5) is 0 Å². The average Bonchev–Trinajstić information content (AvgIpc) is 2.27. The van der Waals surface area contributed by atoms with Crippen LogP contribution in [0.25, 0.3) is 10.8 Å². The van der Waals surface area contributed by atoms with Crippen molar-refractivity contribution in [1.29, 1.82) is 0 Å². The van der Waals surface area contributed by atoms with E-state index in [-0.39, 0.29) is 12.4 Å². The Morgan fingerprint density at radius 1 is 1.27 bits per heavy atom. The highest BCUT2D eigenvalue weighted by molar-refractivity contribution is 6.18. The first-order valence-electron chi connectivity index (χ1n) is 4.32. The van der Waals surface area contributed by atoms with E-state index in [1.54, 1.807) is 13.3 Å². The number of aromatic nitrogens is 1. The highest BCUT2D eigenvalue weighted by atomic mass is 35.5. The van der Waals surface area contributed by atoms with Gasteiger partial charge in [-0.1, -0.05) is 6.07 Å². The van der Waals surface area contributed by atoms with E-state index in [0.717, 1.165) is 22.1 Å². The fourth-order valence-electron chi connectivity index (χ4n) is 1.52. The van der Waals surface area contributed by atoms with Crippen LogP contribution in [-0.2, 0) is 5.88 Å². The lowest BCUT2D eigenvalue weighted by Gasteiger charge is -2.07. The number of halogens is 2. The predicted octanol–water partition coefficient (Wildman–Crippen LogP) is 3.40. The van der Waals surface area contributed by atoms with E-state index in [9.17, 15) is 0 Å². The van der Waals surface area contributed by atoms with Gasteiger partial charge in [-0.3, -0.25) is 4.98 Å². The van der Waals surface area contributed by atoms with Gasteiger partial charge in [0, 0.05) is 29.0 Å². The summed E-state index contributed by atoms with van der Waals surface area (Å²) in [6.45, 7) is 0. The molecule has 0 unspecified atom stereocenters. The van der Waals surface area contributed by atoms with Gasteiger partial charge in [0.05, 0.1) is 7.11 Å². The van der Waals surface area contributed by atoms with Crippen LogP contribution in [0.2, 0.25) is 0 Å². The molecule has 0 aliphatic carbocycles. The molecule has 0 amide bonds. The van der Waals surface area contributed by atoms with Crippen LogP contribution in [-0.4, -0.2) is 12.1 Å². The van der Waals surface area contributed by atoms with Crippen LogP contribution in [0.15, 0.2) is 30.6 Å². The van der Waals surface area contributed by atoms with Gasteiger partial charge in [-0.25, -0.2) is 0 Å². The average molecular weight is 244 g/mol. The zero-order valence-electron chi connectivity index (χ0n) is 8.24. The number of fused-ring (bicyclic) bond motifs is 1. The van der Waals surface area contributed by atoms with Crippen molar-refractivity contribution in [3.05, 3.63) is 36.2 Å². The summed E-state index contributed by atoms with van der Waals surface area (Å²) >= 11 is 5.83. The molecule has 0 bridgehead atoms. The molecule has 1 heterocycles. The first kappa shape index (κ1) is 12.1. The molecule has 2 aromatic rings. The van der Waals surface area contributed by atoms with Crippen molar-refractivity contribution in [1.82, 2.24) is 4.98 Å². The number of ether oxygens (including phenoxy) is 1. The highest BCUT2D eigenvalue weighted by Gasteiger charge is 2.04. The van der Waals surface area contributed by atoms with E-state index in [2.05, 4.69) is 4.98 Å². The van der Waals surface area contributed by atoms with Crippen LogP contribution in [0.1, 0.15) is 5.56 Å². The number of hydrogen-bond donors (Lipinski definition) is 0. The maximum absolute atomic E-state index is 5.83. The van der Waals surface area contributed by atoms with E-state index >= 15 is 0 Å². The van der Waals surface area contributed by atoms with Gasteiger partial charge in [0.1, 0.15) is 5.75 Å². The molecule has 80 valence electrons. The lowest BCUT2D eigenvalue weighted by atomic mass is 10.1. The fourth-order valence-corrected chi connectivity index (χ4v) is 1.75. The standard InChI is InChI=1S/C11H10ClNO.ClH/c1-14-11-3-2-8(6-12)10-7-13-5-4-9(10)11;/h2-5,7H,6H2,1H3;1H. The lowest BCUT2D eigenvalue weighted by molar-refractivity contribution is 0.419. The predicted molar refractivity (Wildman–Crippen MR) is 65.1 cm³/mol. The van der Waals surface area contributed by atoms with Crippen molar-refractivity contribution in [2.75, 3.05) is 7.11 Å². The van der Waals surface area contributed by atoms with Crippen LogP contribution in [0, 0.1) is 0 Å². The molecule has 0 fully saturated rings. The normalized spacial score (nSPS) is 9.73. The van der Waals surface area contributed by atoms with Crippen molar-refractivity contribution in [3.8, 4) is 5.75 Å². The van der Waals surface area contributed by atoms with Gasteiger partial charge in [0.25, 0.3) is 0 Å². The minimum absolute atomic E-state index is 0. The molecule has 0 saturated carbocycles. The minimum atomic E-state index is 0. The summed E-state index contributed by atoms with van der Waals surface area (Å²) in [5, 5.41) is 2.11. The molecule has 0 aliphatic heterocycles. The maximum Gasteiger partial charge on any atom is 0.126 e. The SMILES string of the molecule is COc1ccc(CCl)c2cnccc12.Cl. The molecule has 4 heteroatoms. The molecule has 0 spiro atoms. The summed E-state index contributed by atoms with van der Waals surface area (Å²) in [7, 11) is 1.66. The second-order valence-corrected chi connectivity index (χ2v) is 3.25. The van der Waals surface area contributed by atoms with Crippen LogP contribution in [0.3, 0.4) is 0 Å². The third-order valence-electron chi connectivity index (χ3n) is 2.23. The summed E-state index contributed by atoms with van der Waals surface area (Å²) in [6, 6.07) is 5.83. The van der Waals surface area contributed by atoms with Crippen LogP contribution < -0.4 is 4.74 Å². The Labute approximate surface area is 99.6 Å². The molecule has 2 nitrogen and oxygen atoms in total. The number of benzene rings is 1. The molecule has 1 aromatic heterocycles. The summed E-state index contributed by atoms with van der Waals surface area (Å²) in [5.41, 5.74) is 1.08. The van der Waals surface area contributed by atoms with Gasteiger partial charge < -0.3 is 4.74 Å². The van der Waals surface area contributed by atoms with Crippen molar-refractivity contribution in [3.63, 3.8) is 0 Å². The molecular weight excluding hydrogens is 233 g/mol. The molecule has 1 aromatic carbocycles. The Balaban J connectivity index is 0.00000112. The lowest BCUT2D eigenvalue weighted by Crippen LogP contribution is -1.89. The van der Waals surface area contributed by atoms with Crippen molar-refractivity contribution < 1.29 is 4.74 Å². The first-order valence-corrected chi connectivity index (χ1v) is 4.86. The van der Waals surface area contributed by atoms with Gasteiger partial charge >= 0.3 is 0 Å². The van der Waals surface area contributed by atoms with E-state index in [1.165, 1.54) is 0 Å².